The van der Waals surface area contributed by atoms with Crippen LogP contribution in [0, 0.1) is 13.8 Å². The Morgan fingerprint density at radius 1 is 0.956 bits per heavy atom. The zero-order chi connectivity index (χ0) is 31.6. The van der Waals surface area contributed by atoms with Crippen molar-refractivity contribution in [3.8, 4) is 17.5 Å². The van der Waals surface area contributed by atoms with Crippen LogP contribution in [0.2, 0.25) is 0 Å². The van der Waals surface area contributed by atoms with Crippen molar-refractivity contribution < 1.29 is 22.6 Å². The Hall–Kier alpha value is -4.22. The largest absolute Gasteiger partial charge is 0.497 e. The number of aromatic nitrogens is 3. The number of sulfonamides is 1. The third kappa shape index (κ3) is 6.46. The minimum Gasteiger partial charge on any atom is -0.497 e. The summed E-state index contributed by atoms with van der Waals surface area (Å²) in [5.41, 5.74) is 2.04. The monoisotopic (exact) mass is 629 g/mol. The van der Waals surface area contributed by atoms with E-state index in [0.717, 1.165) is 42.8 Å². The van der Waals surface area contributed by atoms with Crippen LogP contribution in [-0.4, -0.2) is 66.6 Å². The van der Waals surface area contributed by atoms with Gasteiger partial charge in [0.05, 0.1) is 24.2 Å². The van der Waals surface area contributed by atoms with Crippen LogP contribution in [0.25, 0.3) is 0 Å². The van der Waals surface area contributed by atoms with Crippen LogP contribution in [0.1, 0.15) is 48.4 Å². The van der Waals surface area contributed by atoms with E-state index in [1.807, 2.05) is 48.5 Å². The highest BCUT2D eigenvalue weighted by atomic mass is 32.2. The lowest BCUT2D eigenvalue weighted by Gasteiger charge is -2.39. The number of benzene rings is 2. The van der Waals surface area contributed by atoms with E-state index in [-0.39, 0.29) is 23.6 Å². The van der Waals surface area contributed by atoms with Gasteiger partial charge < -0.3 is 19.1 Å². The molecule has 2 saturated heterocycles. The van der Waals surface area contributed by atoms with Crippen LogP contribution in [-0.2, 0) is 10.0 Å². The summed E-state index contributed by atoms with van der Waals surface area (Å²) >= 11 is 0. The molecule has 4 atom stereocenters. The van der Waals surface area contributed by atoms with Gasteiger partial charge in [0.25, 0.3) is 0 Å². The summed E-state index contributed by atoms with van der Waals surface area (Å²) in [4.78, 5) is 16.0. The maximum Gasteiger partial charge on any atom is 0.318 e. The van der Waals surface area contributed by atoms with Crippen molar-refractivity contribution in [1.29, 1.82) is 0 Å². The molecular weight excluding hydrogens is 590 g/mol. The standard InChI is InChI=1S/C34H39N5O5S/c1-23-17-29(42-4)18-24(2)33(23)45(40,41)38(3)31(25-9-6-5-7-10-25)22-43-34-36-16-14-32(37-34)39-26-12-13-27(39)20-30(19-26)44-28-11-8-15-35-21-28/h5-11,14-18,21,26-27,30-31H,12-13,19-20,22H2,1-4H3/t26-,27+,30?,31?. The van der Waals surface area contributed by atoms with Crippen molar-refractivity contribution in [3.63, 3.8) is 0 Å². The van der Waals surface area contributed by atoms with Gasteiger partial charge >= 0.3 is 6.01 Å². The fourth-order valence-electron chi connectivity index (χ4n) is 6.74. The average molecular weight is 630 g/mol. The van der Waals surface area contributed by atoms with Gasteiger partial charge in [-0.05, 0) is 73.7 Å². The van der Waals surface area contributed by atoms with Crippen molar-refractivity contribution in [2.75, 3.05) is 25.7 Å². The van der Waals surface area contributed by atoms with Crippen LogP contribution in [0.5, 0.6) is 17.5 Å². The molecular formula is C34H39N5O5S. The topological polar surface area (TPSA) is 107 Å². The number of methoxy groups -OCH3 is 1. The quantitative estimate of drug-likeness (QED) is 0.212. The number of pyridine rings is 1. The molecule has 0 amide bonds. The van der Waals surface area contributed by atoms with Crippen LogP contribution in [0.3, 0.4) is 0 Å². The normalized spacial score (nSPS) is 20.2. The summed E-state index contributed by atoms with van der Waals surface area (Å²) in [5.74, 6) is 2.23. The molecule has 0 N–H and O–H groups in total. The third-order valence-corrected chi connectivity index (χ3v) is 11.0. The molecule has 0 saturated carbocycles. The Balaban J connectivity index is 1.20. The van der Waals surface area contributed by atoms with Crippen molar-refractivity contribution in [3.05, 3.63) is 95.9 Å². The number of nitrogens with zero attached hydrogens (tertiary/aromatic N) is 5. The lowest BCUT2D eigenvalue weighted by atomic mass is 9.99. The van der Waals surface area contributed by atoms with Gasteiger partial charge in [-0.2, -0.15) is 9.29 Å². The van der Waals surface area contributed by atoms with E-state index in [1.54, 1.807) is 58.7 Å². The lowest BCUT2D eigenvalue weighted by Crippen LogP contribution is -2.46. The van der Waals surface area contributed by atoms with Gasteiger partial charge in [-0.15, -0.1) is 0 Å². The predicted octanol–water partition coefficient (Wildman–Crippen LogP) is 5.52. The van der Waals surface area contributed by atoms with Gasteiger partial charge in [0.1, 0.15) is 30.0 Å². The fraction of sp³-hybridized carbons (Fsp3) is 0.382. The second-order valence-corrected chi connectivity index (χ2v) is 13.7. The molecule has 4 aromatic rings. The number of ether oxygens (including phenoxy) is 3. The smallest absolute Gasteiger partial charge is 0.318 e. The fourth-order valence-corrected chi connectivity index (χ4v) is 8.48. The van der Waals surface area contributed by atoms with Crippen LogP contribution >= 0.6 is 0 Å². The molecule has 11 heteroatoms. The number of hydrogen-bond acceptors (Lipinski definition) is 9. The maximum absolute atomic E-state index is 14.1. The molecule has 10 nitrogen and oxygen atoms in total. The van der Waals surface area contributed by atoms with Gasteiger partial charge in [-0.1, -0.05) is 30.3 Å². The van der Waals surface area contributed by atoms with Crippen molar-refractivity contribution in [2.45, 2.75) is 68.7 Å². The van der Waals surface area contributed by atoms with Gasteiger partial charge in [0.15, 0.2) is 0 Å². The minimum absolute atomic E-state index is 0.0331. The highest BCUT2D eigenvalue weighted by molar-refractivity contribution is 7.89. The molecule has 0 radical (unpaired) electrons. The van der Waals surface area contributed by atoms with E-state index in [4.69, 9.17) is 19.2 Å². The van der Waals surface area contributed by atoms with Gasteiger partial charge in [0.2, 0.25) is 10.0 Å². The SMILES string of the molecule is COc1cc(C)c(S(=O)(=O)N(C)C(COc2nccc(N3[C@@H]4CC[C@H]3CC(Oc3cccnc3)C4)n2)c2ccccc2)c(C)c1. The van der Waals surface area contributed by atoms with Crippen LogP contribution in [0.4, 0.5) is 5.82 Å². The van der Waals surface area contributed by atoms with E-state index in [1.165, 1.54) is 4.31 Å². The first-order valence-corrected chi connectivity index (χ1v) is 16.7. The second kappa shape index (κ2) is 13.0. The molecule has 2 aliphatic heterocycles. The lowest BCUT2D eigenvalue weighted by molar-refractivity contribution is 0.149. The molecule has 2 aliphatic rings. The Morgan fingerprint density at radius 2 is 1.67 bits per heavy atom. The van der Waals surface area contributed by atoms with Crippen molar-refractivity contribution >= 4 is 15.8 Å². The third-order valence-electron chi connectivity index (χ3n) is 8.81. The van der Waals surface area contributed by atoms with Crippen LogP contribution < -0.4 is 19.1 Å². The second-order valence-electron chi connectivity index (χ2n) is 11.7. The summed E-state index contributed by atoms with van der Waals surface area (Å²) in [6, 6.07) is 18.9. The first kappa shape index (κ1) is 30.8. The highest BCUT2D eigenvalue weighted by Gasteiger charge is 2.42. The first-order chi connectivity index (χ1) is 21.7. The molecule has 45 heavy (non-hydrogen) atoms. The van der Waals surface area contributed by atoms with Crippen molar-refractivity contribution in [1.82, 2.24) is 19.3 Å². The highest BCUT2D eigenvalue weighted by Crippen LogP contribution is 2.40. The van der Waals surface area contributed by atoms with Gasteiger partial charge in [-0.25, -0.2) is 13.4 Å². The maximum atomic E-state index is 14.1. The van der Waals surface area contributed by atoms with E-state index >= 15 is 0 Å². The molecule has 2 bridgehead atoms. The Bertz CT molecular complexity index is 1690. The Kier molecular flexibility index (Phi) is 8.91. The van der Waals surface area contributed by atoms with Crippen LogP contribution in [0.15, 0.2) is 84.1 Å². The van der Waals surface area contributed by atoms with Gasteiger partial charge in [-0.3, -0.25) is 4.98 Å². The van der Waals surface area contributed by atoms with E-state index in [0.29, 0.717) is 29.0 Å². The molecule has 236 valence electrons. The summed E-state index contributed by atoms with van der Waals surface area (Å²) in [7, 11) is -0.745. The number of rotatable bonds is 11. The summed E-state index contributed by atoms with van der Waals surface area (Å²) in [6.07, 6.45) is 9.27. The van der Waals surface area contributed by atoms with Crippen molar-refractivity contribution in [2.24, 2.45) is 0 Å². The molecule has 2 aromatic heterocycles. The summed E-state index contributed by atoms with van der Waals surface area (Å²) in [5, 5.41) is 0. The number of anilines is 1. The summed E-state index contributed by atoms with van der Waals surface area (Å²) in [6.45, 7) is 3.60. The molecule has 6 rings (SSSR count). The molecule has 0 spiro atoms. The average Bonchev–Trinajstić information content (AvgIpc) is 3.31. The molecule has 2 aromatic carbocycles. The summed E-state index contributed by atoms with van der Waals surface area (Å²) < 4.78 is 47.3. The zero-order valence-electron chi connectivity index (χ0n) is 26.0. The molecule has 2 unspecified atom stereocenters. The molecule has 2 fully saturated rings. The first-order valence-electron chi connectivity index (χ1n) is 15.2. The number of likely N-dealkylation sites (N-methyl/N-ethyl adjacent to an activating group) is 1. The molecule has 0 aliphatic carbocycles. The number of hydrogen-bond donors (Lipinski definition) is 0. The Labute approximate surface area is 265 Å². The zero-order valence-corrected chi connectivity index (χ0v) is 26.9. The molecule has 4 heterocycles. The van der Waals surface area contributed by atoms with E-state index in [2.05, 4.69) is 14.9 Å². The predicted molar refractivity (Wildman–Crippen MR) is 171 cm³/mol. The Morgan fingerprint density at radius 3 is 2.31 bits per heavy atom. The van der Waals surface area contributed by atoms with E-state index < -0.39 is 16.1 Å². The van der Waals surface area contributed by atoms with E-state index in [9.17, 15) is 8.42 Å². The number of aryl methyl sites for hydroxylation is 2. The number of piperidine rings is 1. The number of fused-ring (bicyclic) bond motifs is 2. The van der Waals surface area contributed by atoms with Gasteiger partial charge in [0, 0.05) is 44.4 Å². The minimum atomic E-state index is -3.90.